The van der Waals surface area contributed by atoms with Gasteiger partial charge in [0.25, 0.3) is 0 Å². The summed E-state index contributed by atoms with van der Waals surface area (Å²) in [5.41, 5.74) is -0.0154. The molecule has 6 heteroatoms. The lowest BCUT2D eigenvalue weighted by atomic mass is 10.0. The summed E-state index contributed by atoms with van der Waals surface area (Å²) in [4.78, 5) is 14.8. The maximum Gasteiger partial charge on any atom is 0.244 e. The summed E-state index contributed by atoms with van der Waals surface area (Å²) in [5, 5.41) is 6.70. The predicted molar refractivity (Wildman–Crippen MR) is 85.2 cm³/mol. The first kappa shape index (κ1) is 16.1. The Morgan fingerprint density at radius 2 is 2.05 bits per heavy atom. The van der Waals surface area contributed by atoms with E-state index in [0.29, 0.717) is 16.5 Å². The number of amides is 1. The summed E-state index contributed by atoms with van der Waals surface area (Å²) in [7, 11) is 1.58. The van der Waals surface area contributed by atoms with Gasteiger partial charge < -0.3 is 15.4 Å². The molecule has 0 radical (unpaired) electrons. The lowest BCUT2D eigenvalue weighted by Crippen LogP contribution is -2.58. The minimum atomic E-state index is -0.589. The Hall–Kier alpha value is -1.30. The number of ether oxygens (including phenoxy) is 1. The molecule has 2 N–H and O–H groups in total. The summed E-state index contributed by atoms with van der Waals surface area (Å²) >= 11 is 6.14. The van der Waals surface area contributed by atoms with Crippen molar-refractivity contribution in [2.24, 2.45) is 0 Å². The second-order valence-electron chi connectivity index (χ2n) is 5.60. The average molecular weight is 312 g/mol. The molecule has 21 heavy (non-hydrogen) atoms. The number of hydrogen-bond donors (Lipinski definition) is 2. The van der Waals surface area contributed by atoms with Gasteiger partial charge in [-0.2, -0.15) is 0 Å². The van der Waals surface area contributed by atoms with Crippen LogP contribution in [0, 0.1) is 0 Å². The standard InChI is InChI=1S/C15H22ClN3O2/c1-15(2,19-8-6-17-7-9-19)14(20)18-13-10-11(21-3)4-5-12(13)16/h4-5,10,17H,6-9H2,1-3H3,(H,18,20). The summed E-state index contributed by atoms with van der Waals surface area (Å²) in [5.74, 6) is 0.592. The van der Waals surface area contributed by atoms with Gasteiger partial charge in [0.05, 0.1) is 23.4 Å². The number of carbonyl (C=O) groups excluding carboxylic acids is 1. The number of halogens is 1. The molecule has 0 unspecified atom stereocenters. The molecule has 1 aromatic rings. The molecule has 0 aromatic heterocycles. The normalized spacial score (nSPS) is 16.6. The fraction of sp³-hybridized carbons (Fsp3) is 0.533. The lowest BCUT2D eigenvalue weighted by Gasteiger charge is -2.39. The van der Waals surface area contributed by atoms with Crippen LogP contribution in [0.25, 0.3) is 0 Å². The van der Waals surface area contributed by atoms with Crippen LogP contribution in [-0.2, 0) is 4.79 Å². The number of methoxy groups -OCH3 is 1. The zero-order valence-corrected chi connectivity index (χ0v) is 13.5. The van der Waals surface area contributed by atoms with Crippen LogP contribution in [0.15, 0.2) is 18.2 Å². The van der Waals surface area contributed by atoms with Crippen molar-refractivity contribution in [3.8, 4) is 5.75 Å². The van der Waals surface area contributed by atoms with Crippen molar-refractivity contribution >= 4 is 23.2 Å². The number of carbonyl (C=O) groups is 1. The Morgan fingerprint density at radius 1 is 1.38 bits per heavy atom. The van der Waals surface area contributed by atoms with Gasteiger partial charge in [0.2, 0.25) is 5.91 Å². The maximum atomic E-state index is 12.6. The third kappa shape index (κ3) is 3.67. The van der Waals surface area contributed by atoms with Crippen LogP contribution in [-0.4, -0.2) is 49.6 Å². The monoisotopic (exact) mass is 311 g/mol. The van der Waals surface area contributed by atoms with E-state index in [1.54, 1.807) is 25.3 Å². The van der Waals surface area contributed by atoms with Gasteiger partial charge in [-0.1, -0.05) is 11.6 Å². The van der Waals surface area contributed by atoms with E-state index >= 15 is 0 Å². The highest BCUT2D eigenvalue weighted by atomic mass is 35.5. The van der Waals surface area contributed by atoms with Gasteiger partial charge in [-0.25, -0.2) is 0 Å². The Kier molecular flexibility index (Phi) is 5.08. The van der Waals surface area contributed by atoms with E-state index in [-0.39, 0.29) is 5.91 Å². The number of nitrogens with zero attached hydrogens (tertiary/aromatic N) is 1. The third-order valence-corrected chi connectivity index (χ3v) is 4.21. The molecule has 2 rings (SSSR count). The van der Waals surface area contributed by atoms with E-state index in [9.17, 15) is 4.79 Å². The molecule has 0 aliphatic carbocycles. The van der Waals surface area contributed by atoms with E-state index < -0.39 is 5.54 Å². The largest absolute Gasteiger partial charge is 0.497 e. The van der Waals surface area contributed by atoms with Gasteiger partial charge in [0, 0.05) is 32.2 Å². The van der Waals surface area contributed by atoms with Crippen molar-refractivity contribution in [3.63, 3.8) is 0 Å². The molecule has 1 aliphatic heterocycles. The Balaban J connectivity index is 2.12. The molecule has 116 valence electrons. The molecule has 1 amide bonds. The highest BCUT2D eigenvalue weighted by Crippen LogP contribution is 2.28. The Morgan fingerprint density at radius 3 is 2.67 bits per heavy atom. The second kappa shape index (κ2) is 6.64. The molecule has 0 atom stereocenters. The van der Waals surface area contributed by atoms with Gasteiger partial charge in [-0.15, -0.1) is 0 Å². The molecule has 0 spiro atoms. The quantitative estimate of drug-likeness (QED) is 0.892. The molecule has 1 fully saturated rings. The molecule has 1 aliphatic rings. The topological polar surface area (TPSA) is 53.6 Å². The number of nitrogens with one attached hydrogen (secondary N) is 2. The van der Waals surface area contributed by atoms with Crippen LogP contribution < -0.4 is 15.4 Å². The summed E-state index contributed by atoms with van der Waals surface area (Å²) < 4.78 is 5.16. The molecule has 1 saturated heterocycles. The molecule has 1 heterocycles. The van der Waals surface area contributed by atoms with Crippen molar-refractivity contribution in [2.45, 2.75) is 19.4 Å². The minimum absolute atomic E-state index is 0.0699. The van der Waals surface area contributed by atoms with Crippen molar-refractivity contribution in [1.82, 2.24) is 10.2 Å². The van der Waals surface area contributed by atoms with E-state index in [1.165, 1.54) is 0 Å². The van der Waals surface area contributed by atoms with Crippen LogP contribution in [0.5, 0.6) is 5.75 Å². The highest BCUT2D eigenvalue weighted by molar-refractivity contribution is 6.33. The van der Waals surface area contributed by atoms with Crippen molar-refractivity contribution in [3.05, 3.63) is 23.2 Å². The molecular weight excluding hydrogens is 290 g/mol. The minimum Gasteiger partial charge on any atom is -0.497 e. The van der Waals surface area contributed by atoms with Crippen LogP contribution in [0.2, 0.25) is 5.02 Å². The summed E-state index contributed by atoms with van der Waals surface area (Å²) in [6.07, 6.45) is 0. The molecule has 1 aromatic carbocycles. The number of piperazine rings is 1. The smallest absolute Gasteiger partial charge is 0.244 e. The third-order valence-electron chi connectivity index (χ3n) is 3.88. The average Bonchev–Trinajstić information content (AvgIpc) is 2.50. The van der Waals surface area contributed by atoms with Crippen molar-refractivity contribution in [1.29, 1.82) is 0 Å². The maximum absolute atomic E-state index is 12.6. The lowest BCUT2D eigenvalue weighted by molar-refractivity contribution is -0.126. The van der Waals surface area contributed by atoms with Crippen LogP contribution in [0.1, 0.15) is 13.8 Å². The number of hydrogen-bond acceptors (Lipinski definition) is 4. The SMILES string of the molecule is COc1ccc(Cl)c(NC(=O)C(C)(C)N2CCNCC2)c1. The molecular formula is C15H22ClN3O2. The Bertz CT molecular complexity index is 514. The summed E-state index contributed by atoms with van der Waals surface area (Å²) in [6.45, 7) is 7.37. The zero-order chi connectivity index (χ0) is 15.5. The number of rotatable bonds is 4. The van der Waals surface area contributed by atoms with Crippen LogP contribution in [0.3, 0.4) is 0 Å². The van der Waals surface area contributed by atoms with Gasteiger partial charge in [-0.3, -0.25) is 9.69 Å². The van der Waals surface area contributed by atoms with Gasteiger partial charge in [0.15, 0.2) is 0 Å². The van der Waals surface area contributed by atoms with E-state index in [1.807, 2.05) is 13.8 Å². The first-order chi connectivity index (χ1) is 9.95. The fourth-order valence-electron chi connectivity index (χ4n) is 2.37. The van der Waals surface area contributed by atoms with E-state index in [4.69, 9.17) is 16.3 Å². The molecule has 0 saturated carbocycles. The van der Waals surface area contributed by atoms with Crippen LogP contribution >= 0.6 is 11.6 Å². The summed E-state index contributed by atoms with van der Waals surface area (Å²) in [6, 6.07) is 5.21. The zero-order valence-electron chi connectivity index (χ0n) is 12.7. The second-order valence-corrected chi connectivity index (χ2v) is 6.00. The highest BCUT2D eigenvalue weighted by Gasteiger charge is 2.35. The van der Waals surface area contributed by atoms with Crippen LogP contribution in [0.4, 0.5) is 5.69 Å². The number of benzene rings is 1. The van der Waals surface area contributed by atoms with E-state index in [0.717, 1.165) is 26.2 Å². The van der Waals surface area contributed by atoms with E-state index in [2.05, 4.69) is 15.5 Å². The molecule has 5 nitrogen and oxygen atoms in total. The molecule has 0 bridgehead atoms. The van der Waals surface area contributed by atoms with Gasteiger partial charge in [-0.05, 0) is 26.0 Å². The van der Waals surface area contributed by atoms with Crippen molar-refractivity contribution in [2.75, 3.05) is 38.6 Å². The van der Waals surface area contributed by atoms with Gasteiger partial charge in [0.1, 0.15) is 5.75 Å². The predicted octanol–water partition coefficient (Wildman–Crippen LogP) is 1.97. The van der Waals surface area contributed by atoms with Crippen molar-refractivity contribution < 1.29 is 9.53 Å². The first-order valence-electron chi connectivity index (χ1n) is 7.06. The first-order valence-corrected chi connectivity index (χ1v) is 7.43. The van der Waals surface area contributed by atoms with Gasteiger partial charge >= 0.3 is 0 Å². The fourth-order valence-corrected chi connectivity index (χ4v) is 2.53. The Labute approximate surface area is 130 Å². The number of anilines is 1.